The Morgan fingerprint density at radius 2 is 1.86 bits per heavy atom. The lowest BCUT2D eigenvalue weighted by Gasteiger charge is -2.20. The van der Waals surface area contributed by atoms with Gasteiger partial charge in [0, 0.05) is 5.92 Å². The molecule has 0 saturated heterocycles. The molecule has 118 valence electrons. The van der Waals surface area contributed by atoms with Crippen LogP contribution in [0.15, 0.2) is 48.7 Å². The lowest BCUT2D eigenvalue weighted by molar-refractivity contribution is -0.121. The van der Waals surface area contributed by atoms with E-state index in [-0.39, 0.29) is 30.2 Å². The van der Waals surface area contributed by atoms with Gasteiger partial charge in [0.25, 0.3) is 0 Å². The molecule has 0 saturated carbocycles. The van der Waals surface area contributed by atoms with Crippen LogP contribution in [0.4, 0.5) is 11.5 Å². The Labute approximate surface area is 137 Å². The second-order valence-electron chi connectivity index (χ2n) is 5.50. The van der Waals surface area contributed by atoms with Crippen LogP contribution in [-0.2, 0) is 11.2 Å². The van der Waals surface area contributed by atoms with Crippen LogP contribution in [0.5, 0.6) is 0 Å². The summed E-state index contributed by atoms with van der Waals surface area (Å²) in [6.07, 6.45) is 2.31. The lowest BCUT2D eigenvalue weighted by atomic mass is 9.88. The van der Waals surface area contributed by atoms with Crippen LogP contribution < -0.4 is 11.1 Å². The Hall–Kier alpha value is -2.07. The Morgan fingerprint density at radius 3 is 2.41 bits per heavy atom. The van der Waals surface area contributed by atoms with Crippen LogP contribution in [0.1, 0.15) is 19.4 Å². The first-order valence-electron chi connectivity index (χ1n) is 7.12. The molecule has 0 radical (unpaired) electrons. The maximum atomic E-state index is 12.5. The number of hydrogen-bond acceptors (Lipinski definition) is 3. The summed E-state index contributed by atoms with van der Waals surface area (Å²) in [7, 11) is 0. The molecule has 1 heterocycles. The van der Waals surface area contributed by atoms with Gasteiger partial charge in [0.2, 0.25) is 5.91 Å². The number of nitrogen functional groups attached to an aromatic ring is 1. The van der Waals surface area contributed by atoms with E-state index in [0.29, 0.717) is 11.5 Å². The van der Waals surface area contributed by atoms with E-state index >= 15 is 0 Å². The first-order valence-corrected chi connectivity index (χ1v) is 7.12. The zero-order valence-electron chi connectivity index (χ0n) is 12.8. The van der Waals surface area contributed by atoms with Crippen molar-refractivity contribution in [3.8, 4) is 0 Å². The first-order chi connectivity index (χ1) is 10.1. The molecule has 1 amide bonds. The fourth-order valence-corrected chi connectivity index (χ4v) is 2.21. The van der Waals surface area contributed by atoms with Crippen molar-refractivity contribution >= 4 is 29.8 Å². The van der Waals surface area contributed by atoms with E-state index in [4.69, 9.17) is 5.73 Å². The Morgan fingerprint density at radius 1 is 1.18 bits per heavy atom. The van der Waals surface area contributed by atoms with E-state index in [1.54, 1.807) is 18.3 Å². The van der Waals surface area contributed by atoms with Crippen LogP contribution in [0, 0.1) is 11.8 Å². The highest BCUT2D eigenvalue weighted by molar-refractivity contribution is 5.92. The van der Waals surface area contributed by atoms with E-state index in [0.717, 1.165) is 6.42 Å². The Balaban J connectivity index is 0.00000242. The first kappa shape index (κ1) is 18.0. The minimum atomic E-state index is -0.0787. The fraction of sp³-hybridized carbons (Fsp3) is 0.294. The summed E-state index contributed by atoms with van der Waals surface area (Å²) < 4.78 is 0. The monoisotopic (exact) mass is 319 g/mol. The average molecular weight is 320 g/mol. The summed E-state index contributed by atoms with van der Waals surface area (Å²) in [5, 5.41) is 2.91. The topological polar surface area (TPSA) is 68.0 Å². The molecule has 0 fully saturated rings. The molecular weight excluding hydrogens is 298 g/mol. The number of aromatic nitrogens is 1. The lowest BCUT2D eigenvalue weighted by Crippen LogP contribution is -2.28. The molecule has 1 unspecified atom stereocenters. The number of nitrogens with zero attached hydrogens (tertiary/aromatic N) is 1. The van der Waals surface area contributed by atoms with E-state index < -0.39 is 0 Å². The van der Waals surface area contributed by atoms with E-state index in [2.05, 4.69) is 24.1 Å². The van der Waals surface area contributed by atoms with Crippen molar-refractivity contribution in [2.24, 2.45) is 11.8 Å². The largest absolute Gasteiger partial charge is 0.384 e. The van der Waals surface area contributed by atoms with Gasteiger partial charge in [-0.3, -0.25) is 4.79 Å². The van der Waals surface area contributed by atoms with Gasteiger partial charge in [-0.15, -0.1) is 12.4 Å². The second kappa shape index (κ2) is 8.39. The molecule has 22 heavy (non-hydrogen) atoms. The summed E-state index contributed by atoms with van der Waals surface area (Å²) in [5.74, 6) is 0.634. The van der Waals surface area contributed by atoms with Crippen molar-refractivity contribution in [1.82, 2.24) is 4.98 Å². The predicted octanol–water partition coefficient (Wildman–Crippen LogP) is 3.54. The highest BCUT2D eigenvalue weighted by Crippen LogP contribution is 2.20. The zero-order valence-corrected chi connectivity index (χ0v) is 13.6. The molecule has 0 bridgehead atoms. The number of benzene rings is 1. The number of nitrogens with one attached hydrogen (secondary N) is 1. The molecule has 1 atom stereocenters. The average Bonchev–Trinajstić information content (AvgIpc) is 2.48. The molecule has 1 aromatic heterocycles. The third kappa shape index (κ3) is 5.04. The number of amides is 1. The summed E-state index contributed by atoms with van der Waals surface area (Å²) in [6, 6.07) is 13.5. The number of anilines is 2. The number of hydrogen-bond donors (Lipinski definition) is 2. The standard InChI is InChI=1S/C17H21N3O.ClH/c1-12(2)15(10-13-6-4-3-5-7-13)17(21)20-14-8-9-16(18)19-11-14;/h3-9,11-12,15H,10H2,1-2H3,(H2,18,19)(H,20,21);1H. The number of nitrogens with two attached hydrogens (primary N) is 1. The van der Waals surface area contributed by atoms with Gasteiger partial charge in [-0.2, -0.15) is 0 Å². The highest BCUT2D eigenvalue weighted by atomic mass is 35.5. The number of rotatable bonds is 5. The van der Waals surface area contributed by atoms with Gasteiger partial charge in [0.1, 0.15) is 5.82 Å². The summed E-state index contributed by atoms with van der Waals surface area (Å²) >= 11 is 0. The fourth-order valence-electron chi connectivity index (χ4n) is 2.21. The van der Waals surface area contributed by atoms with Crippen LogP contribution in [-0.4, -0.2) is 10.9 Å². The second-order valence-corrected chi connectivity index (χ2v) is 5.50. The van der Waals surface area contributed by atoms with Crippen LogP contribution >= 0.6 is 12.4 Å². The van der Waals surface area contributed by atoms with Crippen molar-refractivity contribution in [1.29, 1.82) is 0 Å². The van der Waals surface area contributed by atoms with Crippen molar-refractivity contribution in [2.45, 2.75) is 20.3 Å². The number of carbonyl (C=O) groups is 1. The Kier molecular flexibility index (Phi) is 6.86. The van der Waals surface area contributed by atoms with Crippen molar-refractivity contribution < 1.29 is 4.79 Å². The predicted molar refractivity (Wildman–Crippen MR) is 93.0 cm³/mol. The quantitative estimate of drug-likeness (QED) is 0.885. The van der Waals surface area contributed by atoms with Gasteiger partial charge in [-0.1, -0.05) is 44.2 Å². The van der Waals surface area contributed by atoms with Crippen molar-refractivity contribution in [2.75, 3.05) is 11.1 Å². The molecule has 2 aromatic rings. The third-order valence-electron chi connectivity index (χ3n) is 3.49. The van der Waals surface area contributed by atoms with Gasteiger partial charge in [0.05, 0.1) is 11.9 Å². The molecule has 0 aliphatic rings. The maximum Gasteiger partial charge on any atom is 0.228 e. The minimum Gasteiger partial charge on any atom is -0.384 e. The van der Waals surface area contributed by atoms with Gasteiger partial charge >= 0.3 is 0 Å². The van der Waals surface area contributed by atoms with E-state index in [1.807, 2.05) is 30.3 Å². The molecule has 5 heteroatoms. The molecule has 0 aliphatic heterocycles. The zero-order chi connectivity index (χ0) is 15.2. The number of pyridine rings is 1. The molecular formula is C17H22ClN3O. The molecule has 4 nitrogen and oxygen atoms in total. The summed E-state index contributed by atoms with van der Waals surface area (Å²) in [6.45, 7) is 4.13. The van der Waals surface area contributed by atoms with E-state index in [9.17, 15) is 4.79 Å². The SMILES string of the molecule is CC(C)C(Cc1ccccc1)C(=O)Nc1ccc(N)nc1.Cl. The Bertz CT molecular complexity index is 585. The van der Waals surface area contributed by atoms with Gasteiger partial charge in [0.15, 0.2) is 0 Å². The van der Waals surface area contributed by atoms with Gasteiger partial charge in [-0.25, -0.2) is 4.98 Å². The maximum absolute atomic E-state index is 12.5. The van der Waals surface area contributed by atoms with Crippen LogP contribution in [0.2, 0.25) is 0 Å². The van der Waals surface area contributed by atoms with Crippen LogP contribution in [0.3, 0.4) is 0 Å². The van der Waals surface area contributed by atoms with Crippen molar-refractivity contribution in [3.05, 3.63) is 54.2 Å². The third-order valence-corrected chi connectivity index (χ3v) is 3.49. The summed E-state index contributed by atoms with van der Waals surface area (Å²) in [5.41, 5.74) is 7.39. The normalized spacial score (nSPS) is 11.6. The molecule has 2 rings (SSSR count). The van der Waals surface area contributed by atoms with Crippen LogP contribution in [0.25, 0.3) is 0 Å². The minimum absolute atomic E-state index is 0. The highest BCUT2D eigenvalue weighted by Gasteiger charge is 2.22. The summed E-state index contributed by atoms with van der Waals surface area (Å²) in [4.78, 5) is 16.5. The molecule has 0 spiro atoms. The number of carbonyl (C=O) groups excluding carboxylic acids is 1. The van der Waals surface area contributed by atoms with Crippen molar-refractivity contribution in [3.63, 3.8) is 0 Å². The molecule has 3 N–H and O–H groups in total. The smallest absolute Gasteiger partial charge is 0.228 e. The van der Waals surface area contributed by atoms with Gasteiger partial charge < -0.3 is 11.1 Å². The molecule has 0 aliphatic carbocycles. The van der Waals surface area contributed by atoms with Gasteiger partial charge in [-0.05, 0) is 30.0 Å². The molecule has 1 aromatic carbocycles. The van der Waals surface area contributed by atoms with E-state index in [1.165, 1.54) is 5.56 Å². The number of halogens is 1.